The van der Waals surface area contributed by atoms with Gasteiger partial charge in [-0.1, -0.05) is 18.2 Å². The summed E-state index contributed by atoms with van der Waals surface area (Å²) >= 11 is 0. The number of benzene rings is 1. The second kappa shape index (κ2) is 9.50. The number of halogens is 1. The minimum Gasteiger partial charge on any atom is -0.374 e. The minimum atomic E-state index is -0.780. The van der Waals surface area contributed by atoms with E-state index < -0.39 is 11.9 Å². The molecule has 1 aliphatic carbocycles. The Morgan fingerprint density at radius 3 is 2.82 bits per heavy atom. The lowest BCUT2D eigenvalue weighted by atomic mass is 10.1. The molecule has 176 valence electrons. The number of aryl methyl sites for hydroxylation is 1. The van der Waals surface area contributed by atoms with Crippen molar-refractivity contribution in [1.82, 2.24) is 9.88 Å². The molecule has 2 aromatic rings. The highest BCUT2D eigenvalue weighted by atomic mass is 19.1. The lowest BCUT2D eigenvalue weighted by Crippen LogP contribution is -2.49. The van der Waals surface area contributed by atoms with Crippen LogP contribution in [-0.4, -0.2) is 58.2 Å². The molecule has 34 heavy (non-hydrogen) atoms. The first-order chi connectivity index (χ1) is 16.3. The van der Waals surface area contributed by atoms with E-state index in [0.29, 0.717) is 54.0 Å². The second-order valence-corrected chi connectivity index (χ2v) is 8.47. The number of likely N-dealkylation sites (tertiary alicyclic amines) is 1. The summed E-state index contributed by atoms with van der Waals surface area (Å²) in [5, 5.41) is 8.76. The monoisotopic (exact) mass is 465 g/mol. The van der Waals surface area contributed by atoms with Crippen LogP contribution in [-0.2, 0) is 14.4 Å². The molecule has 9 nitrogen and oxygen atoms in total. The number of hydrogen-bond donors (Lipinski definition) is 3. The fourth-order valence-electron chi connectivity index (χ4n) is 4.19. The molecule has 4 rings (SSSR count). The quantitative estimate of drug-likeness (QED) is 0.498. The van der Waals surface area contributed by atoms with Crippen LogP contribution in [0.5, 0.6) is 0 Å². The Labute approximate surface area is 195 Å². The van der Waals surface area contributed by atoms with Gasteiger partial charge in [0, 0.05) is 23.9 Å². The highest BCUT2D eigenvalue weighted by Crippen LogP contribution is 2.39. The van der Waals surface area contributed by atoms with Crippen molar-refractivity contribution in [3.05, 3.63) is 59.2 Å². The number of amides is 3. The van der Waals surface area contributed by atoms with E-state index in [4.69, 9.17) is 11.1 Å². The molecule has 0 bridgehead atoms. The van der Waals surface area contributed by atoms with Gasteiger partial charge in [0.25, 0.3) is 11.6 Å². The van der Waals surface area contributed by atoms with Gasteiger partial charge in [0.1, 0.15) is 11.9 Å². The third kappa shape index (κ3) is 4.85. The van der Waals surface area contributed by atoms with E-state index in [2.05, 4.69) is 15.3 Å². The fraction of sp³-hybridized carbons (Fsp3) is 0.333. The van der Waals surface area contributed by atoms with Crippen LogP contribution >= 0.6 is 0 Å². The van der Waals surface area contributed by atoms with Gasteiger partial charge in [-0.3, -0.25) is 19.4 Å². The number of nitrogens with one attached hydrogen (secondary N) is 1. The molecule has 1 saturated carbocycles. The largest absolute Gasteiger partial charge is 0.374 e. The Kier molecular flexibility index (Phi) is 6.49. The normalized spacial score (nSPS) is 20.3. The van der Waals surface area contributed by atoms with Gasteiger partial charge in [-0.2, -0.15) is 0 Å². The van der Waals surface area contributed by atoms with E-state index in [1.54, 1.807) is 31.2 Å². The van der Waals surface area contributed by atoms with Gasteiger partial charge in [0.2, 0.25) is 5.91 Å². The number of nitrogens with zero attached hydrogens (tertiary/aromatic N) is 3. The highest BCUT2D eigenvalue weighted by molar-refractivity contribution is 6.43. The van der Waals surface area contributed by atoms with Crippen LogP contribution < -0.4 is 16.5 Å². The average Bonchev–Trinajstić information content (AvgIpc) is 3.37. The maximum Gasteiger partial charge on any atom is 0.313 e. The van der Waals surface area contributed by atoms with Gasteiger partial charge < -0.3 is 16.0 Å². The molecule has 10 heteroatoms. The second-order valence-electron chi connectivity index (χ2n) is 8.47. The van der Waals surface area contributed by atoms with Crippen molar-refractivity contribution in [3.8, 4) is 0 Å². The van der Waals surface area contributed by atoms with Crippen LogP contribution in [0.25, 0.3) is 0 Å². The Morgan fingerprint density at radius 2 is 2.09 bits per heavy atom. The predicted octanol–water partition coefficient (Wildman–Crippen LogP) is 0.121. The third-order valence-corrected chi connectivity index (χ3v) is 6.07. The molecule has 2 fully saturated rings. The van der Waals surface area contributed by atoms with Crippen molar-refractivity contribution >= 4 is 34.8 Å². The van der Waals surface area contributed by atoms with Crippen molar-refractivity contribution in [2.45, 2.75) is 38.1 Å². The molecule has 0 spiro atoms. The molecular weight excluding hydrogens is 439 g/mol. The summed E-state index contributed by atoms with van der Waals surface area (Å²) < 4.78 is 14.0. The number of pyridine rings is 1. The first-order valence-electron chi connectivity index (χ1n) is 11.0. The molecular formula is C24H26FN6O3+. The molecule has 5 N–H and O–H groups in total. The van der Waals surface area contributed by atoms with E-state index in [1.807, 2.05) is 0 Å². The zero-order chi connectivity index (χ0) is 24.4. The summed E-state index contributed by atoms with van der Waals surface area (Å²) in [5.74, 6) is -1.95. The molecule has 2 aliphatic rings. The lowest BCUT2D eigenvalue weighted by molar-refractivity contribution is -0.135. The lowest BCUT2D eigenvalue weighted by Gasteiger charge is -2.22. The Hall–Kier alpha value is -3.95. The number of aliphatic imine (C=N–C) groups is 1. The first kappa shape index (κ1) is 23.2. The molecule has 1 unspecified atom stereocenters. The first-order valence-corrected chi connectivity index (χ1v) is 11.0. The molecule has 1 aromatic carbocycles. The SMILES string of the molecule is Cc1cc(C(=[NH2+])C(N)=O)c(NCC(=O)N2CCC[C@H]2C(=O)N=C2CC2c2ccccc2F)cn1. The summed E-state index contributed by atoms with van der Waals surface area (Å²) in [6.45, 7) is 2.06. The van der Waals surface area contributed by atoms with Crippen molar-refractivity contribution < 1.29 is 24.2 Å². The number of anilines is 1. The van der Waals surface area contributed by atoms with E-state index in [0.717, 1.165) is 0 Å². The van der Waals surface area contributed by atoms with Gasteiger partial charge in [-0.05, 0) is 43.9 Å². The van der Waals surface area contributed by atoms with Gasteiger partial charge >= 0.3 is 5.91 Å². The zero-order valence-corrected chi connectivity index (χ0v) is 18.8. The van der Waals surface area contributed by atoms with Crippen LogP contribution in [0.4, 0.5) is 10.1 Å². The van der Waals surface area contributed by atoms with Gasteiger partial charge in [0.05, 0.1) is 24.0 Å². The van der Waals surface area contributed by atoms with Crippen LogP contribution in [0.3, 0.4) is 0 Å². The van der Waals surface area contributed by atoms with Crippen molar-refractivity contribution in [1.29, 1.82) is 0 Å². The molecule has 1 aliphatic heterocycles. The van der Waals surface area contributed by atoms with Crippen LogP contribution in [0.1, 0.15) is 42.0 Å². The molecule has 1 aromatic heterocycles. The molecule has 0 radical (unpaired) electrons. The number of rotatable bonds is 7. The number of aromatic nitrogens is 1. The van der Waals surface area contributed by atoms with E-state index >= 15 is 0 Å². The summed E-state index contributed by atoms with van der Waals surface area (Å²) in [4.78, 5) is 47.1. The third-order valence-electron chi connectivity index (χ3n) is 6.07. The number of nitrogens with two attached hydrogens (primary N) is 2. The molecule has 1 saturated heterocycles. The van der Waals surface area contributed by atoms with E-state index in [9.17, 15) is 18.8 Å². The minimum absolute atomic E-state index is 0.123. The number of carbonyl (C=O) groups is 3. The smallest absolute Gasteiger partial charge is 0.313 e. The zero-order valence-electron chi connectivity index (χ0n) is 18.8. The Bertz CT molecular complexity index is 1210. The standard InChI is InChI=1S/C24H25FN6O3/c1-13-9-16(22(26)23(27)33)19(11-28-13)29-12-21(32)31-8-4-7-20(31)24(34)30-18-10-15(18)14-5-2-3-6-17(14)25/h2-3,5-6,9,11,15,20,26,29H,4,7-8,10,12H2,1H3,(H2,27,33)/p+1/t15?,20-/m0/s1. The van der Waals surface area contributed by atoms with E-state index in [1.165, 1.54) is 17.2 Å². The summed E-state index contributed by atoms with van der Waals surface area (Å²) in [6.07, 6.45) is 3.22. The van der Waals surface area contributed by atoms with E-state index in [-0.39, 0.29) is 35.8 Å². The number of carbonyl (C=O) groups excluding carboxylic acids is 3. The van der Waals surface area contributed by atoms with Crippen LogP contribution in [0.15, 0.2) is 41.5 Å². The Morgan fingerprint density at radius 1 is 1.32 bits per heavy atom. The molecule has 2 atom stereocenters. The van der Waals surface area contributed by atoms with Crippen molar-refractivity contribution in [3.63, 3.8) is 0 Å². The topological polar surface area (TPSA) is 143 Å². The predicted molar refractivity (Wildman–Crippen MR) is 124 cm³/mol. The summed E-state index contributed by atoms with van der Waals surface area (Å²) in [7, 11) is 0. The summed E-state index contributed by atoms with van der Waals surface area (Å²) in [6, 6.07) is 7.41. The maximum atomic E-state index is 14.0. The van der Waals surface area contributed by atoms with Crippen molar-refractivity contribution in [2.24, 2.45) is 10.7 Å². The van der Waals surface area contributed by atoms with Crippen molar-refractivity contribution in [2.75, 3.05) is 18.4 Å². The van der Waals surface area contributed by atoms with Crippen LogP contribution in [0, 0.1) is 12.7 Å². The average molecular weight is 466 g/mol. The number of primary amides is 1. The van der Waals surface area contributed by atoms with Gasteiger partial charge in [-0.25, -0.2) is 14.8 Å². The maximum absolute atomic E-state index is 14.0. The van der Waals surface area contributed by atoms with Gasteiger partial charge in [0.15, 0.2) is 0 Å². The van der Waals surface area contributed by atoms with Gasteiger partial charge in [-0.15, -0.1) is 0 Å². The fourth-order valence-corrected chi connectivity index (χ4v) is 4.19. The Balaban J connectivity index is 1.41. The molecule has 3 amide bonds. The highest BCUT2D eigenvalue weighted by Gasteiger charge is 2.39. The molecule has 2 heterocycles. The number of hydrogen-bond acceptors (Lipinski definition) is 5. The van der Waals surface area contributed by atoms with Crippen LogP contribution in [0.2, 0.25) is 0 Å². The summed E-state index contributed by atoms with van der Waals surface area (Å²) in [5.41, 5.74) is 7.72.